The Morgan fingerprint density at radius 3 is 1.89 bits per heavy atom. The van der Waals surface area contributed by atoms with Crippen LogP contribution in [0.25, 0.3) is 0 Å². The molecule has 0 radical (unpaired) electrons. The van der Waals surface area contributed by atoms with Crippen molar-refractivity contribution in [1.82, 2.24) is 4.90 Å². The van der Waals surface area contributed by atoms with Gasteiger partial charge in [-0.2, -0.15) is 0 Å². The van der Waals surface area contributed by atoms with Crippen LogP contribution in [-0.2, 0) is 4.74 Å². The molecule has 2 rings (SSSR count). The third-order valence-corrected chi connectivity index (χ3v) is 3.50. The average molecular weight is 258 g/mol. The summed E-state index contributed by atoms with van der Waals surface area (Å²) in [5.74, 6) is 0. The Labute approximate surface area is 114 Å². The molecular formula is C15H34N2O. The first-order valence-electron chi connectivity index (χ1n) is 7.91. The van der Waals surface area contributed by atoms with Crippen molar-refractivity contribution in [2.24, 2.45) is 5.73 Å². The van der Waals surface area contributed by atoms with E-state index >= 15 is 0 Å². The largest absolute Gasteiger partial charge is 0.375 e. The van der Waals surface area contributed by atoms with Crippen LogP contribution in [-0.4, -0.2) is 42.8 Å². The molecule has 0 amide bonds. The number of hydrogen-bond donors (Lipinski definition) is 1. The van der Waals surface area contributed by atoms with Crippen molar-refractivity contribution in [3.63, 3.8) is 0 Å². The molecule has 0 aromatic heterocycles. The number of piperidine rings is 1. The van der Waals surface area contributed by atoms with Crippen LogP contribution in [0.4, 0.5) is 0 Å². The molecule has 0 aromatic rings. The number of rotatable bonds is 3. The van der Waals surface area contributed by atoms with Crippen LogP contribution in [0.3, 0.4) is 0 Å². The first-order valence-corrected chi connectivity index (χ1v) is 7.91. The standard InChI is InChI=1S/C11H22N2O.2C2H6/c1-2-13-5-3-10(4-6-13)14-11-7-9(12)8-11;2*1-2/h9-11H,2-8,12H2,1H3;2*1-2H3. The van der Waals surface area contributed by atoms with Crippen molar-refractivity contribution in [2.75, 3.05) is 19.6 Å². The van der Waals surface area contributed by atoms with Crippen LogP contribution < -0.4 is 5.73 Å². The lowest BCUT2D eigenvalue weighted by Gasteiger charge is -2.38. The van der Waals surface area contributed by atoms with E-state index in [-0.39, 0.29) is 0 Å². The van der Waals surface area contributed by atoms with Gasteiger partial charge in [0.15, 0.2) is 0 Å². The number of nitrogens with zero attached hydrogens (tertiary/aromatic N) is 1. The van der Waals surface area contributed by atoms with Gasteiger partial charge in [-0.1, -0.05) is 34.6 Å². The molecule has 0 aromatic carbocycles. The molecule has 0 unspecified atom stereocenters. The molecule has 0 atom stereocenters. The number of nitrogens with two attached hydrogens (primary N) is 1. The molecule has 1 aliphatic heterocycles. The Morgan fingerprint density at radius 2 is 1.50 bits per heavy atom. The highest BCUT2D eigenvalue weighted by molar-refractivity contribution is 4.84. The molecule has 0 bridgehead atoms. The fraction of sp³-hybridized carbons (Fsp3) is 1.00. The normalized spacial score (nSPS) is 28.3. The second-order valence-electron chi connectivity index (χ2n) is 4.62. The van der Waals surface area contributed by atoms with Crippen molar-refractivity contribution >= 4 is 0 Å². The minimum Gasteiger partial charge on any atom is -0.375 e. The van der Waals surface area contributed by atoms with Crippen molar-refractivity contribution in [2.45, 2.75) is 78.6 Å². The zero-order valence-corrected chi connectivity index (χ0v) is 13.1. The van der Waals surface area contributed by atoms with Crippen LogP contribution in [0.2, 0.25) is 0 Å². The maximum Gasteiger partial charge on any atom is 0.0608 e. The molecule has 1 aliphatic carbocycles. The summed E-state index contributed by atoms with van der Waals surface area (Å²) in [7, 11) is 0. The summed E-state index contributed by atoms with van der Waals surface area (Å²) in [5.41, 5.74) is 5.73. The minimum absolute atomic E-state index is 0.413. The molecule has 110 valence electrons. The Kier molecular flexibility index (Phi) is 10.7. The molecular weight excluding hydrogens is 224 g/mol. The summed E-state index contributed by atoms with van der Waals surface area (Å²) < 4.78 is 5.98. The number of likely N-dealkylation sites (tertiary alicyclic amines) is 1. The first kappa shape index (κ1) is 17.9. The summed E-state index contributed by atoms with van der Waals surface area (Å²) in [4.78, 5) is 2.49. The lowest BCUT2D eigenvalue weighted by molar-refractivity contribution is -0.0792. The van der Waals surface area contributed by atoms with E-state index < -0.39 is 0 Å². The lowest BCUT2D eigenvalue weighted by atomic mass is 9.90. The van der Waals surface area contributed by atoms with Crippen LogP contribution in [0.15, 0.2) is 0 Å². The van der Waals surface area contributed by atoms with Gasteiger partial charge in [-0.3, -0.25) is 0 Å². The maximum atomic E-state index is 5.98. The quantitative estimate of drug-likeness (QED) is 0.845. The molecule has 18 heavy (non-hydrogen) atoms. The van der Waals surface area contributed by atoms with Gasteiger partial charge in [-0.15, -0.1) is 0 Å². The summed E-state index contributed by atoms with van der Waals surface area (Å²) in [6, 6.07) is 0.413. The fourth-order valence-electron chi connectivity index (χ4n) is 2.35. The first-order chi connectivity index (χ1) is 8.78. The SMILES string of the molecule is CC.CC.CCN1CCC(OC2CC(N)C2)CC1. The van der Waals surface area contributed by atoms with Gasteiger partial charge in [0.2, 0.25) is 0 Å². The van der Waals surface area contributed by atoms with E-state index in [4.69, 9.17) is 10.5 Å². The van der Waals surface area contributed by atoms with Gasteiger partial charge >= 0.3 is 0 Å². The lowest BCUT2D eigenvalue weighted by Crippen LogP contribution is -2.45. The molecule has 1 saturated carbocycles. The Bertz CT molecular complexity index is 173. The maximum absolute atomic E-state index is 5.98. The predicted molar refractivity (Wildman–Crippen MR) is 79.9 cm³/mol. The van der Waals surface area contributed by atoms with Gasteiger partial charge in [0.1, 0.15) is 0 Å². The second-order valence-corrected chi connectivity index (χ2v) is 4.62. The summed E-state index contributed by atoms with van der Waals surface area (Å²) in [5, 5.41) is 0. The van der Waals surface area contributed by atoms with Crippen molar-refractivity contribution < 1.29 is 4.74 Å². The third-order valence-electron chi connectivity index (χ3n) is 3.50. The molecule has 2 N–H and O–H groups in total. The van der Waals surface area contributed by atoms with Crippen LogP contribution in [0, 0.1) is 0 Å². The monoisotopic (exact) mass is 258 g/mol. The van der Waals surface area contributed by atoms with Crippen LogP contribution in [0.5, 0.6) is 0 Å². The van der Waals surface area contributed by atoms with Crippen molar-refractivity contribution in [1.29, 1.82) is 0 Å². The molecule has 1 heterocycles. The highest BCUT2D eigenvalue weighted by atomic mass is 16.5. The van der Waals surface area contributed by atoms with E-state index in [9.17, 15) is 0 Å². The minimum atomic E-state index is 0.413. The summed E-state index contributed by atoms with van der Waals surface area (Å²) in [6.07, 6.45) is 5.56. The van der Waals surface area contributed by atoms with Gasteiger partial charge < -0.3 is 15.4 Å². The second kappa shape index (κ2) is 10.8. The van der Waals surface area contributed by atoms with Gasteiger partial charge in [0.05, 0.1) is 12.2 Å². The summed E-state index contributed by atoms with van der Waals surface area (Å²) in [6.45, 7) is 13.8. The molecule has 2 fully saturated rings. The highest BCUT2D eigenvalue weighted by Crippen LogP contribution is 2.25. The van der Waals surface area contributed by atoms with E-state index in [0.717, 1.165) is 12.8 Å². The van der Waals surface area contributed by atoms with Crippen LogP contribution >= 0.6 is 0 Å². The molecule has 2 aliphatic rings. The van der Waals surface area contributed by atoms with Crippen LogP contribution in [0.1, 0.15) is 60.3 Å². The van der Waals surface area contributed by atoms with Crippen molar-refractivity contribution in [3.05, 3.63) is 0 Å². The van der Waals surface area contributed by atoms with Gasteiger partial charge in [0, 0.05) is 19.1 Å². The number of ether oxygens (including phenoxy) is 1. The topological polar surface area (TPSA) is 38.5 Å². The Hall–Kier alpha value is -0.120. The Morgan fingerprint density at radius 1 is 1.00 bits per heavy atom. The zero-order valence-electron chi connectivity index (χ0n) is 13.1. The highest BCUT2D eigenvalue weighted by Gasteiger charge is 2.30. The third kappa shape index (κ3) is 6.17. The van der Waals surface area contributed by atoms with Crippen molar-refractivity contribution in [3.8, 4) is 0 Å². The van der Waals surface area contributed by atoms with E-state index in [1.807, 2.05) is 27.7 Å². The summed E-state index contributed by atoms with van der Waals surface area (Å²) >= 11 is 0. The number of hydrogen-bond acceptors (Lipinski definition) is 3. The molecule has 1 saturated heterocycles. The van der Waals surface area contributed by atoms with E-state index in [0.29, 0.717) is 18.2 Å². The average Bonchev–Trinajstić information content (AvgIpc) is 2.42. The van der Waals surface area contributed by atoms with Gasteiger partial charge in [-0.25, -0.2) is 0 Å². The van der Waals surface area contributed by atoms with E-state index in [2.05, 4.69) is 11.8 Å². The fourth-order valence-corrected chi connectivity index (χ4v) is 2.35. The van der Waals surface area contributed by atoms with E-state index in [1.54, 1.807) is 0 Å². The zero-order chi connectivity index (χ0) is 14.0. The molecule has 3 nitrogen and oxygen atoms in total. The van der Waals surface area contributed by atoms with E-state index in [1.165, 1.54) is 32.5 Å². The molecule has 0 spiro atoms. The van der Waals surface area contributed by atoms with Gasteiger partial charge in [0.25, 0.3) is 0 Å². The molecule has 3 heteroatoms. The van der Waals surface area contributed by atoms with Gasteiger partial charge in [-0.05, 0) is 32.2 Å². The smallest absolute Gasteiger partial charge is 0.0608 e. The Balaban J connectivity index is 0.000000659. The predicted octanol–water partition coefficient (Wildman–Crippen LogP) is 3.03.